The Balaban J connectivity index is 1.68. The number of ether oxygens (including phenoxy) is 2. The zero-order valence-corrected chi connectivity index (χ0v) is 15.1. The van der Waals surface area contributed by atoms with Crippen molar-refractivity contribution in [1.29, 1.82) is 0 Å². The summed E-state index contributed by atoms with van der Waals surface area (Å²) in [5.41, 5.74) is 3.44. The molecular weight excluding hydrogens is 330 g/mol. The van der Waals surface area contributed by atoms with Gasteiger partial charge < -0.3 is 14.8 Å². The average Bonchev–Trinajstić information content (AvgIpc) is 2.67. The van der Waals surface area contributed by atoms with Crippen molar-refractivity contribution in [1.82, 2.24) is 0 Å². The highest BCUT2D eigenvalue weighted by Crippen LogP contribution is 2.30. The molecule has 5 heteroatoms. The van der Waals surface area contributed by atoms with Gasteiger partial charge in [-0.2, -0.15) is 0 Å². The number of rotatable bonds is 5. The van der Waals surface area contributed by atoms with E-state index in [1.165, 1.54) is 24.7 Å². The van der Waals surface area contributed by atoms with Crippen LogP contribution in [0.2, 0.25) is 0 Å². The first-order chi connectivity index (χ1) is 12.6. The fourth-order valence-corrected chi connectivity index (χ4v) is 3.19. The van der Waals surface area contributed by atoms with Crippen LogP contribution in [0, 0.1) is 0 Å². The van der Waals surface area contributed by atoms with E-state index in [1.807, 2.05) is 12.1 Å². The minimum Gasteiger partial charge on any atom is -0.481 e. The molecule has 0 radical (unpaired) electrons. The van der Waals surface area contributed by atoms with Gasteiger partial charge in [0.25, 0.3) is 5.91 Å². The van der Waals surface area contributed by atoms with Gasteiger partial charge in [0.15, 0.2) is 6.10 Å². The number of nitrogens with one attached hydrogen (secondary N) is 1. The molecule has 1 aliphatic rings. The van der Waals surface area contributed by atoms with Crippen LogP contribution in [0.4, 0.5) is 5.69 Å². The molecule has 3 rings (SSSR count). The van der Waals surface area contributed by atoms with E-state index < -0.39 is 12.1 Å². The molecule has 0 aromatic heterocycles. The third kappa shape index (κ3) is 4.04. The lowest BCUT2D eigenvalue weighted by atomic mass is 9.91. The van der Waals surface area contributed by atoms with Gasteiger partial charge in [-0.25, -0.2) is 4.79 Å². The zero-order valence-electron chi connectivity index (χ0n) is 15.1. The van der Waals surface area contributed by atoms with E-state index in [0.717, 1.165) is 25.0 Å². The summed E-state index contributed by atoms with van der Waals surface area (Å²) in [4.78, 5) is 24.1. The molecule has 1 aliphatic carbocycles. The number of esters is 1. The van der Waals surface area contributed by atoms with Gasteiger partial charge in [0, 0.05) is 5.69 Å². The van der Waals surface area contributed by atoms with Crippen molar-refractivity contribution in [3.05, 3.63) is 59.2 Å². The van der Waals surface area contributed by atoms with E-state index in [9.17, 15) is 9.59 Å². The SMILES string of the molecule is COC(=O)c1cccc(NC(=O)[C@@H](C)Oc2cccc3c2CCCC3)c1. The Morgan fingerprint density at radius 3 is 2.65 bits per heavy atom. The van der Waals surface area contributed by atoms with Crippen molar-refractivity contribution in [2.75, 3.05) is 12.4 Å². The molecule has 0 spiro atoms. The van der Waals surface area contributed by atoms with Crippen LogP contribution in [-0.2, 0) is 22.4 Å². The van der Waals surface area contributed by atoms with Gasteiger partial charge in [0.1, 0.15) is 5.75 Å². The molecule has 136 valence electrons. The predicted molar refractivity (Wildman–Crippen MR) is 99.6 cm³/mol. The lowest BCUT2D eigenvalue weighted by Crippen LogP contribution is -2.30. The van der Waals surface area contributed by atoms with Crippen molar-refractivity contribution in [2.24, 2.45) is 0 Å². The molecule has 0 aliphatic heterocycles. The number of benzene rings is 2. The topological polar surface area (TPSA) is 64.6 Å². The molecule has 26 heavy (non-hydrogen) atoms. The molecule has 0 heterocycles. The summed E-state index contributed by atoms with van der Waals surface area (Å²) in [7, 11) is 1.32. The van der Waals surface area contributed by atoms with Crippen LogP contribution >= 0.6 is 0 Å². The third-order valence-electron chi connectivity index (χ3n) is 4.58. The molecule has 0 fully saturated rings. The first-order valence-corrected chi connectivity index (χ1v) is 8.85. The van der Waals surface area contributed by atoms with Gasteiger partial charge >= 0.3 is 5.97 Å². The largest absolute Gasteiger partial charge is 0.481 e. The first kappa shape index (κ1) is 18.0. The number of carbonyl (C=O) groups is 2. The summed E-state index contributed by atoms with van der Waals surface area (Å²) in [5.74, 6) is 0.0786. The lowest BCUT2D eigenvalue weighted by Gasteiger charge is -2.22. The van der Waals surface area contributed by atoms with Crippen molar-refractivity contribution in [3.8, 4) is 5.75 Å². The second-order valence-corrected chi connectivity index (χ2v) is 6.42. The summed E-state index contributed by atoms with van der Waals surface area (Å²) < 4.78 is 10.6. The fourth-order valence-electron chi connectivity index (χ4n) is 3.19. The highest BCUT2D eigenvalue weighted by Gasteiger charge is 2.19. The normalized spacial score (nSPS) is 14.1. The van der Waals surface area contributed by atoms with E-state index in [2.05, 4.69) is 11.4 Å². The maximum Gasteiger partial charge on any atom is 0.337 e. The molecule has 0 saturated carbocycles. The molecule has 1 atom stereocenters. The maximum atomic E-state index is 12.5. The molecule has 0 saturated heterocycles. The van der Waals surface area contributed by atoms with Crippen molar-refractivity contribution >= 4 is 17.6 Å². The van der Waals surface area contributed by atoms with Gasteiger partial charge in [-0.15, -0.1) is 0 Å². The van der Waals surface area contributed by atoms with Gasteiger partial charge in [0.05, 0.1) is 12.7 Å². The monoisotopic (exact) mass is 353 g/mol. The second kappa shape index (κ2) is 8.04. The van der Waals surface area contributed by atoms with Crippen molar-refractivity contribution < 1.29 is 19.1 Å². The standard InChI is InChI=1S/C21H23NO4/c1-14(26-19-12-6-8-15-7-3-4-11-18(15)19)20(23)22-17-10-5-9-16(13-17)21(24)25-2/h5-6,8-10,12-14H,3-4,7,11H2,1-2H3,(H,22,23)/t14-/m1/s1. The van der Waals surface area contributed by atoms with Crippen LogP contribution in [0.3, 0.4) is 0 Å². The minimum atomic E-state index is -0.648. The Morgan fingerprint density at radius 2 is 1.85 bits per heavy atom. The maximum absolute atomic E-state index is 12.5. The molecule has 2 aromatic carbocycles. The highest BCUT2D eigenvalue weighted by atomic mass is 16.5. The number of hydrogen-bond acceptors (Lipinski definition) is 4. The van der Waals surface area contributed by atoms with Crippen LogP contribution < -0.4 is 10.1 Å². The van der Waals surface area contributed by atoms with E-state index in [1.54, 1.807) is 31.2 Å². The van der Waals surface area contributed by atoms with Gasteiger partial charge in [-0.1, -0.05) is 18.2 Å². The Bertz CT molecular complexity index is 815. The van der Waals surface area contributed by atoms with E-state index in [0.29, 0.717) is 11.3 Å². The van der Waals surface area contributed by atoms with E-state index in [4.69, 9.17) is 9.47 Å². The third-order valence-corrected chi connectivity index (χ3v) is 4.58. The van der Waals surface area contributed by atoms with E-state index in [-0.39, 0.29) is 5.91 Å². The Hall–Kier alpha value is -2.82. The Kier molecular flexibility index (Phi) is 5.56. The van der Waals surface area contributed by atoms with Crippen LogP contribution in [-0.4, -0.2) is 25.1 Å². The number of hydrogen-bond donors (Lipinski definition) is 1. The number of aryl methyl sites for hydroxylation is 1. The van der Waals surface area contributed by atoms with E-state index >= 15 is 0 Å². The minimum absolute atomic E-state index is 0.263. The Morgan fingerprint density at radius 1 is 1.08 bits per heavy atom. The molecular formula is C21H23NO4. The zero-order chi connectivity index (χ0) is 18.5. The molecule has 5 nitrogen and oxygen atoms in total. The molecule has 0 bridgehead atoms. The number of anilines is 1. The van der Waals surface area contributed by atoms with Gasteiger partial charge in [-0.3, -0.25) is 4.79 Å². The van der Waals surface area contributed by atoms with Crippen molar-refractivity contribution in [2.45, 2.75) is 38.7 Å². The molecule has 2 aromatic rings. The summed E-state index contributed by atoms with van der Waals surface area (Å²) in [6.07, 6.45) is 3.75. The van der Waals surface area contributed by atoms with Gasteiger partial charge in [-0.05, 0) is 68.0 Å². The van der Waals surface area contributed by atoms with Crippen LogP contribution in [0.5, 0.6) is 5.75 Å². The van der Waals surface area contributed by atoms with Crippen LogP contribution in [0.1, 0.15) is 41.3 Å². The summed E-state index contributed by atoms with van der Waals surface area (Å²) in [5, 5.41) is 2.79. The summed E-state index contributed by atoms with van der Waals surface area (Å²) in [6, 6.07) is 12.7. The molecule has 1 N–H and O–H groups in total. The highest BCUT2D eigenvalue weighted by molar-refractivity contribution is 5.96. The number of fused-ring (bicyclic) bond motifs is 1. The number of methoxy groups -OCH3 is 1. The van der Waals surface area contributed by atoms with Crippen LogP contribution in [0.15, 0.2) is 42.5 Å². The second-order valence-electron chi connectivity index (χ2n) is 6.42. The fraction of sp³-hybridized carbons (Fsp3) is 0.333. The van der Waals surface area contributed by atoms with Crippen molar-refractivity contribution in [3.63, 3.8) is 0 Å². The smallest absolute Gasteiger partial charge is 0.337 e. The Labute approximate surface area is 153 Å². The predicted octanol–water partition coefficient (Wildman–Crippen LogP) is 3.76. The summed E-state index contributed by atoms with van der Waals surface area (Å²) in [6.45, 7) is 1.72. The lowest BCUT2D eigenvalue weighted by molar-refractivity contribution is -0.122. The quantitative estimate of drug-likeness (QED) is 0.832. The number of carbonyl (C=O) groups excluding carboxylic acids is 2. The summed E-state index contributed by atoms with van der Waals surface area (Å²) >= 11 is 0. The average molecular weight is 353 g/mol. The molecule has 0 unspecified atom stereocenters. The first-order valence-electron chi connectivity index (χ1n) is 8.85. The molecule has 1 amide bonds. The van der Waals surface area contributed by atoms with Crippen LogP contribution in [0.25, 0.3) is 0 Å². The number of amides is 1. The van der Waals surface area contributed by atoms with Gasteiger partial charge in [0.2, 0.25) is 0 Å².